The maximum absolute atomic E-state index is 10.7. The molecule has 5 nitrogen and oxygen atoms in total. The van der Waals surface area contributed by atoms with Crippen molar-refractivity contribution in [2.45, 2.75) is 4.90 Å². The summed E-state index contributed by atoms with van der Waals surface area (Å²) >= 11 is 0. The van der Waals surface area contributed by atoms with Crippen LogP contribution in [-0.2, 0) is 10.1 Å². The van der Waals surface area contributed by atoms with Crippen molar-refractivity contribution in [1.82, 2.24) is 4.98 Å². The number of rotatable bonds is 1. The number of hydrogen-bond acceptors (Lipinski definition) is 4. The molecule has 0 bridgehead atoms. The highest BCUT2D eigenvalue weighted by Gasteiger charge is 2.10. The Kier molecular flexibility index (Phi) is 1.61. The van der Waals surface area contributed by atoms with Crippen LogP contribution in [0, 0.1) is 0 Å². The number of oxazole rings is 1. The lowest BCUT2D eigenvalue weighted by molar-refractivity contribution is 0.483. The van der Waals surface area contributed by atoms with E-state index in [0.29, 0.717) is 11.1 Å². The number of fused-ring (bicyclic) bond motifs is 1. The van der Waals surface area contributed by atoms with Gasteiger partial charge in [-0.15, -0.1) is 0 Å². The number of nitrogens with zero attached hydrogens (tertiary/aromatic N) is 1. The van der Waals surface area contributed by atoms with E-state index in [-0.39, 0.29) is 4.90 Å². The molecule has 0 atom stereocenters. The van der Waals surface area contributed by atoms with Gasteiger partial charge in [-0.3, -0.25) is 4.55 Å². The van der Waals surface area contributed by atoms with E-state index in [4.69, 9.17) is 8.97 Å². The first kappa shape index (κ1) is 8.21. The van der Waals surface area contributed by atoms with E-state index < -0.39 is 10.1 Å². The quantitative estimate of drug-likeness (QED) is 0.695. The number of hydrogen-bond donors (Lipinski definition) is 1. The van der Waals surface area contributed by atoms with Crippen LogP contribution in [0.5, 0.6) is 0 Å². The van der Waals surface area contributed by atoms with Gasteiger partial charge in [0.15, 0.2) is 12.0 Å². The molecule has 0 saturated carbocycles. The molecule has 1 N–H and O–H groups in total. The fourth-order valence-electron chi connectivity index (χ4n) is 0.998. The van der Waals surface area contributed by atoms with Crippen LogP contribution in [0.2, 0.25) is 0 Å². The van der Waals surface area contributed by atoms with E-state index in [1.165, 1.54) is 24.6 Å². The Morgan fingerprint density at radius 1 is 1.38 bits per heavy atom. The van der Waals surface area contributed by atoms with Gasteiger partial charge in [-0.25, -0.2) is 4.98 Å². The molecular formula is C7H5NO4S. The Hall–Kier alpha value is -1.40. The second kappa shape index (κ2) is 2.54. The average molecular weight is 199 g/mol. The number of benzene rings is 1. The standard InChI is InChI=1S/C7H5NO4S/c9-13(10,11)5-1-2-7-6(3-5)8-4-12-7/h1-4H,(H,9,10,11). The zero-order valence-electron chi connectivity index (χ0n) is 6.34. The van der Waals surface area contributed by atoms with E-state index in [9.17, 15) is 8.42 Å². The van der Waals surface area contributed by atoms with E-state index in [0.717, 1.165) is 0 Å². The highest BCUT2D eigenvalue weighted by atomic mass is 32.2. The third kappa shape index (κ3) is 1.41. The molecule has 2 rings (SSSR count). The Balaban J connectivity index is 2.75. The summed E-state index contributed by atoms with van der Waals surface area (Å²) in [4.78, 5) is 3.56. The lowest BCUT2D eigenvalue weighted by Crippen LogP contribution is -1.96. The van der Waals surface area contributed by atoms with Crippen molar-refractivity contribution in [3.05, 3.63) is 24.6 Å². The Morgan fingerprint density at radius 3 is 2.85 bits per heavy atom. The second-order valence-electron chi connectivity index (χ2n) is 2.46. The summed E-state index contributed by atoms with van der Waals surface area (Å²) in [5.74, 6) is 0. The molecule has 68 valence electrons. The predicted molar refractivity (Wildman–Crippen MR) is 43.8 cm³/mol. The Morgan fingerprint density at radius 2 is 2.15 bits per heavy atom. The highest BCUT2D eigenvalue weighted by Crippen LogP contribution is 2.17. The summed E-state index contributed by atoms with van der Waals surface area (Å²) in [6.07, 6.45) is 1.21. The second-order valence-corrected chi connectivity index (χ2v) is 3.88. The topological polar surface area (TPSA) is 80.4 Å². The van der Waals surface area contributed by atoms with Gasteiger partial charge in [-0.05, 0) is 18.2 Å². The molecule has 6 heteroatoms. The summed E-state index contributed by atoms with van der Waals surface area (Å²) < 4.78 is 35.0. The van der Waals surface area contributed by atoms with Gasteiger partial charge >= 0.3 is 0 Å². The lowest BCUT2D eigenvalue weighted by atomic mass is 10.3. The van der Waals surface area contributed by atoms with Crippen LogP contribution in [0.15, 0.2) is 33.9 Å². The molecule has 0 aliphatic carbocycles. The summed E-state index contributed by atoms with van der Waals surface area (Å²) in [5, 5.41) is 0. The smallest absolute Gasteiger partial charge is 0.294 e. The molecule has 0 aliphatic heterocycles. The van der Waals surface area contributed by atoms with Gasteiger partial charge in [0.1, 0.15) is 5.52 Å². The minimum absolute atomic E-state index is 0.186. The van der Waals surface area contributed by atoms with Crippen molar-refractivity contribution in [1.29, 1.82) is 0 Å². The molecule has 0 spiro atoms. The van der Waals surface area contributed by atoms with Crippen LogP contribution >= 0.6 is 0 Å². The summed E-state index contributed by atoms with van der Waals surface area (Å²) in [6.45, 7) is 0. The number of aromatic nitrogens is 1. The van der Waals surface area contributed by atoms with Crippen molar-refractivity contribution < 1.29 is 17.4 Å². The average Bonchev–Trinajstić information content (AvgIpc) is 2.47. The predicted octanol–water partition coefficient (Wildman–Crippen LogP) is 1.07. The summed E-state index contributed by atoms with van der Waals surface area (Å²) in [7, 11) is -4.15. The van der Waals surface area contributed by atoms with Crippen LogP contribution in [-0.4, -0.2) is 18.0 Å². The largest absolute Gasteiger partial charge is 0.443 e. The van der Waals surface area contributed by atoms with Crippen LogP contribution < -0.4 is 0 Å². The first-order valence-electron chi connectivity index (χ1n) is 3.38. The minimum atomic E-state index is -4.15. The Bertz CT molecular complexity index is 542. The molecule has 1 aromatic carbocycles. The van der Waals surface area contributed by atoms with Crippen LogP contribution in [0.3, 0.4) is 0 Å². The lowest BCUT2D eigenvalue weighted by Gasteiger charge is -1.94. The molecule has 0 radical (unpaired) electrons. The molecular weight excluding hydrogens is 194 g/mol. The van der Waals surface area contributed by atoms with Crippen LogP contribution in [0.1, 0.15) is 0 Å². The van der Waals surface area contributed by atoms with Crippen molar-refractivity contribution in [2.24, 2.45) is 0 Å². The van der Waals surface area contributed by atoms with Crippen molar-refractivity contribution in [3.8, 4) is 0 Å². The highest BCUT2D eigenvalue weighted by molar-refractivity contribution is 7.85. The molecule has 0 amide bonds. The van der Waals surface area contributed by atoms with Gasteiger partial charge in [0.2, 0.25) is 0 Å². The van der Waals surface area contributed by atoms with Gasteiger partial charge in [0.25, 0.3) is 10.1 Å². The summed E-state index contributed by atoms with van der Waals surface area (Å²) in [5.41, 5.74) is 0.877. The maximum Gasteiger partial charge on any atom is 0.294 e. The van der Waals surface area contributed by atoms with Crippen LogP contribution in [0.25, 0.3) is 11.1 Å². The first-order valence-corrected chi connectivity index (χ1v) is 4.82. The molecule has 0 unspecified atom stereocenters. The van der Waals surface area contributed by atoms with Crippen molar-refractivity contribution in [3.63, 3.8) is 0 Å². The van der Waals surface area contributed by atoms with E-state index in [2.05, 4.69) is 4.98 Å². The molecule has 2 aromatic rings. The molecule has 1 aromatic heterocycles. The minimum Gasteiger partial charge on any atom is -0.443 e. The van der Waals surface area contributed by atoms with Crippen molar-refractivity contribution >= 4 is 21.2 Å². The van der Waals surface area contributed by atoms with E-state index in [1.54, 1.807) is 0 Å². The SMILES string of the molecule is O=S(=O)(O)c1ccc2ocnc2c1. The zero-order chi connectivity index (χ0) is 9.47. The Labute approximate surface area is 73.8 Å². The summed E-state index contributed by atoms with van der Waals surface area (Å²) in [6, 6.07) is 3.93. The van der Waals surface area contributed by atoms with E-state index in [1.807, 2.05) is 0 Å². The van der Waals surface area contributed by atoms with Gasteiger partial charge in [-0.1, -0.05) is 0 Å². The van der Waals surface area contributed by atoms with E-state index >= 15 is 0 Å². The van der Waals surface area contributed by atoms with Gasteiger partial charge in [-0.2, -0.15) is 8.42 Å². The molecule has 1 heterocycles. The van der Waals surface area contributed by atoms with Gasteiger partial charge in [0.05, 0.1) is 4.90 Å². The van der Waals surface area contributed by atoms with Crippen LogP contribution in [0.4, 0.5) is 0 Å². The molecule has 0 aliphatic rings. The molecule has 0 saturated heterocycles. The molecule has 0 fully saturated rings. The fourth-order valence-corrected chi connectivity index (χ4v) is 1.50. The van der Waals surface area contributed by atoms with Gasteiger partial charge in [0, 0.05) is 0 Å². The zero-order valence-corrected chi connectivity index (χ0v) is 7.15. The normalized spacial score (nSPS) is 12.1. The van der Waals surface area contributed by atoms with Gasteiger partial charge < -0.3 is 4.42 Å². The third-order valence-electron chi connectivity index (χ3n) is 1.60. The maximum atomic E-state index is 10.7. The van der Waals surface area contributed by atoms with Crippen molar-refractivity contribution in [2.75, 3.05) is 0 Å². The molecule has 13 heavy (non-hydrogen) atoms. The first-order chi connectivity index (χ1) is 6.07. The fraction of sp³-hybridized carbons (Fsp3) is 0. The third-order valence-corrected chi connectivity index (χ3v) is 2.45. The monoisotopic (exact) mass is 199 g/mol.